The molecule has 0 heterocycles. The Bertz CT molecular complexity index is 343. The van der Waals surface area contributed by atoms with Crippen LogP contribution in [0.5, 0.6) is 0 Å². The molecule has 0 aliphatic heterocycles. The fourth-order valence-corrected chi connectivity index (χ4v) is 1.70. The summed E-state index contributed by atoms with van der Waals surface area (Å²) in [6.07, 6.45) is 2.69. The molecule has 0 unspecified atom stereocenters. The zero-order valence-corrected chi connectivity index (χ0v) is 9.68. The Labute approximate surface area is 93.5 Å². The second-order valence-electron chi connectivity index (χ2n) is 3.27. The predicted octanol–water partition coefficient (Wildman–Crippen LogP) is 2.44. The molecule has 15 heavy (non-hydrogen) atoms. The summed E-state index contributed by atoms with van der Waals surface area (Å²) < 4.78 is 13.1. The normalized spacial score (nSPS) is 10.1. The van der Waals surface area contributed by atoms with Crippen molar-refractivity contribution in [2.24, 2.45) is 0 Å². The van der Waals surface area contributed by atoms with Crippen LogP contribution in [0.15, 0.2) is 18.2 Å². The van der Waals surface area contributed by atoms with E-state index in [9.17, 15) is 9.18 Å². The van der Waals surface area contributed by atoms with Gasteiger partial charge in [0.25, 0.3) is 0 Å². The van der Waals surface area contributed by atoms with Crippen molar-refractivity contribution in [3.63, 3.8) is 0 Å². The van der Waals surface area contributed by atoms with Crippen LogP contribution in [0, 0.1) is 5.82 Å². The van der Waals surface area contributed by atoms with Gasteiger partial charge in [-0.1, -0.05) is 0 Å². The largest absolute Gasteiger partial charge is 0.374 e. The molecule has 0 fully saturated rings. The molecular weight excluding hydrogens is 213 g/mol. The van der Waals surface area contributed by atoms with Crippen molar-refractivity contribution in [3.05, 3.63) is 29.6 Å². The lowest BCUT2D eigenvalue weighted by molar-refractivity contribution is 0.112. The number of carbonyl (C=O) groups excluding carboxylic acids is 1. The summed E-state index contributed by atoms with van der Waals surface area (Å²) in [5.41, 5.74) is 1.12. The van der Waals surface area contributed by atoms with Gasteiger partial charge in [0.2, 0.25) is 0 Å². The van der Waals surface area contributed by atoms with Gasteiger partial charge in [0, 0.05) is 30.6 Å². The molecule has 0 aliphatic carbocycles. The number of halogens is 1. The van der Waals surface area contributed by atoms with Gasteiger partial charge < -0.3 is 4.90 Å². The van der Waals surface area contributed by atoms with E-state index >= 15 is 0 Å². The standard InChI is InChI=1S/C11H14FNOS/c1-13(3-4-15-2)11-6-9(8-14)5-10(12)7-11/h5-8H,3-4H2,1-2H3. The van der Waals surface area contributed by atoms with Crippen LogP contribution in [0.4, 0.5) is 10.1 Å². The zero-order chi connectivity index (χ0) is 11.3. The van der Waals surface area contributed by atoms with Crippen LogP contribution < -0.4 is 4.90 Å². The topological polar surface area (TPSA) is 20.3 Å². The number of hydrogen-bond donors (Lipinski definition) is 0. The van der Waals surface area contributed by atoms with Gasteiger partial charge >= 0.3 is 0 Å². The van der Waals surface area contributed by atoms with Gasteiger partial charge in [-0.3, -0.25) is 4.79 Å². The number of carbonyl (C=O) groups is 1. The number of nitrogens with zero attached hydrogens (tertiary/aromatic N) is 1. The van der Waals surface area contributed by atoms with Crippen LogP contribution >= 0.6 is 11.8 Å². The molecule has 4 heteroatoms. The Kier molecular flexibility index (Phi) is 4.62. The average molecular weight is 227 g/mol. The minimum Gasteiger partial charge on any atom is -0.374 e. The van der Waals surface area contributed by atoms with Crippen molar-refractivity contribution in [1.82, 2.24) is 0 Å². The van der Waals surface area contributed by atoms with E-state index in [1.54, 1.807) is 17.8 Å². The first-order valence-corrected chi connectivity index (χ1v) is 6.02. The van der Waals surface area contributed by atoms with Crippen LogP contribution in [-0.4, -0.2) is 31.9 Å². The third-order valence-corrected chi connectivity index (χ3v) is 2.70. The van der Waals surface area contributed by atoms with Crippen molar-refractivity contribution < 1.29 is 9.18 Å². The molecule has 0 radical (unpaired) electrons. The first kappa shape index (κ1) is 12.0. The third kappa shape index (κ3) is 3.55. The molecule has 0 aliphatic rings. The average Bonchev–Trinajstić information content (AvgIpc) is 2.24. The summed E-state index contributed by atoms with van der Waals surface area (Å²) in [6, 6.07) is 4.36. The highest BCUT2D eigenvalue weighted by atomic mass is 32.2. The van der Waals surface area contributed by atoms with Crippen molar-refractivity contribution in [2.45, 2.75) is 0 Å². The van der Waals surface area contributed by atoms with Crippen LogP contribution in [-0.2, 0) is 0 Å². The molecular formula is C11H14FNOS. The molecule has 1 rings (SSSR count). The number of rotatable bonds is 5. The van der Waals surface area contributed by atoms with Gasteiger partial charge in [0.15, 0.2) is 0 Å². The third-order valence-electron chi connectivity index (χ3n) is 2.11. The maximum Gasteiger partial charge on any atom is 0.150 e. The Morgan fingerprint density at radius 3 is 2.80 bits per heavy atom. The second kappa shape index (κ2) is 5.75. The molecule has 2 nitrogen and oxygen atoms in total. The summed E-state index contributed by atoms with van der Waals surface area (Å²) in [6.45, 7) is 0.836. The van der Waals surface area contributed by atoms with Crippen molar-refractivity contribution >= 4 is 23.7 Å². The molecule has 0 bridgehead atoms. The Hall–Kier alpha value is -1.03. The maximum atomic E-state index is 13.1. The van der Waals surface area contributed by atoms with Gasteiger partial charge in [-0.2, -0.15) is 11.8 Å². The van der Waals surface area contributed by atoms with Gasteiger partial charge in [-0.05, 0) is 24.5 Å². The Morgan fingerprint density at radius 1 is 1.47 bits per heavy atom. The highest BCUT2D eigenvalue weighted by Crippen LogP contribution is 2.16. The number of aldehydes is 1. The summed E-state index contributed by atoms with van der Waals surface area (Å²) in [5.74, 6) is 0.606. The molecule has 82 valence electrons. The smallest absolute Gasteiger partial charge is 0.150 e. The molecule has 0 N–H and O–H groups in total. The summed E-state index contributed by atoms with van der Waals surface area (Å²) in [4.78, 5) is 12.5. The predicted molar refractivity (Wildman–Crippen MR) is 63.4 cm³/mol. The lowest BCUT2D eigenvalue weighted by Crippen LogP contribution is -2.20. The molecule has 1 aromatic rings. The van der Waals surface area contributed by atoms with Crippen molar-refractivity contribution in [2.75, 3.05) is 30.5 Å². The minimum atomic E-state index is -0.370. The first-order valence-electron chi connectivity index (χ1n) is 4.63. The molecule has 0 spiro atoms. The van der Waals surface area contributed by atoms with E-state index in [1.807, 2.05) is 18.2 Å². The number of benzene rings is 1. The van der Waals surface area contributed by atoms with Crippen molar-refractivity contribution in [1.29, 1.82) is 0 Å². The summed E-state index contributed by atoms with van der Waals surface area (Å²) >= 11 is 1.73. The first-order chi connectivity index (χ1) is 7.17. The van der Waals surface area contributed by atoms with Crippen LogP contribution in [0.2, 0.25) is 0 Å². The van der Waals surface area contributed by atoms with Crippen LogP contribution in [0.25, 0.3) is 0 Å². The highest BCUT2D eigenvalue weighted by molar-refractivity contribution is 7.98. The summed E-state index contributed by atoms with van der Waals surface area (Å²) in [7, 11) is 1.89. The fraction of sp³-hybridized carbons (Fsp3) is 0.364. The zero-order valence-electron chi connectivity index (χ0n) is 8.87. The fourth-order valence-electron chi connectivity index (χ4n) is 1.24. The van der Waals surface area contributed by atoms with E-state index in [0.29, 0.717) is 11.8 Å². The van der Waals surface area contributed by atoms with Gasteiger partial charge in [-0.15, -0.1) is 0 Å². The molecule has 0 saturated heterocycles. The molecule has 0 atom stereocenters. The molecule has 0 amide bonds. The Morgan fingerprint density at radius 2 is 2.20 bits per heavy atom. The lowest BCUT2D eigenvalue weighted by Gasteiger charge is -2.19. The van der Waals surface area contributed by atoms with E-state index in [0.717, 1.165) is 18.0 Å². The van der Waals surface area contributed by atoms with E-state index in [2.05, 4.69) is 0 Å². The molecule has 0 aromatic heterocycles. The van der Waals surface area contributed by atoms with Crippen molar-refractivity contribution in [3.8, 4) is 0 Å². The maximum absolute atomic E-state index is 13.1. The quantitative estimate of drug-likeness (QED) is 0.721. The summed E-state index contributed by atoms with van der Waals surface area (Å²) in [5, 5.41) is 0. The molecule has 1 aromatic carbocycles. The van der Waals surface area contributed by atoms with E-state index in [1.165, 1.54) is 12.1 Å². The highest BCUT2D eigenvalue weighted by Gasteiger charge is 2.04. The van der Waals surface area contributed by atoms with E-state index < -0.39 is 0 Å². The minimum absolute atomic E-state index is 0.370. The lowest BCUT2D eigenvalue weighted by atomic mass is 10.2. The SMILES string of the molecule is CSCCN(C)c1cc(F)cc(C=O)c1. The number of thioether (sulfide) groups is 1. The van der Waals surface area contributed by atoms with E-state index in [-0.39, 0.29) is 5.82 Å². The van der Waals surface area contributed by atoms with E-state index in [4.69, 9.17) is 0 Å². The van der Waals surface area contributed by atoms with Crippen LogP contribution in [0.3, 0.4) is 0 Å². The number of anilines is 1. The molecule has 0 saturated carbocycles. The number of hydrogen-bond acceptors (Lipinski definition) is 3. The van der Waals surface area contributed by atoms with Gasteiger partial charge in [0.1, 0.15) is 12.1 Å². The monoisotopic (exact) mass is 227 g/mol. The van der Waals surface area contributed by atoms with Crippen LogP contribution in [0.1, 0.15) is 10.4 Å². The Balaban J connectivity index is 2.83. The second-order valence-corrected chi connectivity index (χ2v) is 4.26. The van der Waals surface area contributed by atoms with Gasteiger partial charge in [0.05, 0.1) is 0 Å². The van der Waals surface area contributed by atoms with Gasteiger partial charge in [-0.25, -0.2) is 4.39 Å².